The number of hydrogen-bond donors (Lipinski definition) is 0. The van der Waals surface area contributed by atoms with Gasteiger partial charge in [0.15, 0.2) is 0 Å². The fraction of sp³-hybridized carbons (Fsp3) is 0.667. The molecule has 1 heterocycles. The molecule has 1 aliphatic rings. The van der Waals surface area contributed by atoms with Crippen LogP contribution in [0.3, 0.4) is 0 Å². The summed E-state index contributed by atoms with van der Waals surface area (Å²) in [5, 5.41) is 0. The molecule has 0 radical (unpaired) electrons. The first-order valence-electron chi connectivity index (χ1n) is 2.60. The van der Waals surface area contributed by atoms with E-state index < -0.39 is 0 Å². The SMILES string of the molecule is [CH2-]N1CN(CC)C1.[CH3-].[Y+3]. The van der Waals surface area contributed by atoms with E-state index in [1.165, 1.54) is 0 Å². The van der Waals surface area contributed by atoms with Crippen LogP contribution in [0.25, 0.3) is 0 Å². The number of hydrogen-bond acceptors (Lipinski definition) is 2. The second-order valence-electron chi connectivity index (χ2n) is 1.94. The minimum absolute atomic E-state index is 0. The average molecular weight is 203 g/mol. The summed E-state index contributed by atoms with van der Waals surface area (Å²) in [6.07, 6.45) is 0. The van der Waals surface area contributed by atoms with Crippen molar-refractivity contribution >= 4 is 0 Å². The van der Waals surface area contributed by atoms with Gasteiger partial charge in [-0.1, -0.05) is 6.92 Å². The Morgan fingerprint density at radius 3 is 2.00 bits per heavy atom. The molecule has 2 nitrogen and oxygen atoms in total. The molecular formula is C6H14N2Y+. The molecule has 0 N–H and O–H groups in total. The van der Waals surface area contributed by atoms with Crippen LogP contribution in [0.5, 0.6) is 0 Å². The van der Waals surface area contributed by atoms with Crippen molar-refractivity contribution in [2.75, 3.05) is 19.9 Å². The smallest absolute Gasteiger partial charge is 0.435 e. The third kappa shape index (κ3) is 3.66. The Morgan fingerprint density at radius 2 is 1.89 bits per heavy atom. The molecule has 1 rings (SSSR count). The monoisotopic (exact) mass is 203 g/mol. The van der Waals surface area contributed by atoms with Gasteiger partial charge in [0, 0.05) is 13.3 Å². The Morgan fingerprint density at radius 1 is 1.44 bits per heavy atom. The molecule has 0 aromatic rings. The maximum Gasteiger partial charge on any atom is 3.00 e. The van der Waals surface area contributed by atoms with Gasteiger partial charge in [-0.25, -0.2) is 0 Å². The molecule has 1 saturated heterocycles. The molecule has 1 fully saturated rings. The molecule has 0 bridgehead atoms. The van der Waals surface area contributed by atoms with Crippen molar-refractivity contribution in [2.24, 2.45) is 0 Å². The first-order chi connectivity index (χ1) is 3.33. The van der Waals surface area contributed by atoms with Crippen LogP contribution < -0.4 is 0 Å². The van der Waals surface area contributed by atoms with Gasteiger partial charge in [-0.3, -0.25) is 11.9 Å². The molecular weight excluding hydrogens is 189 g/mol. The molecule has 0 aromatic heterocycles. The van der Waals surface area contributed by atoms with Crippen molar-refractivity contribution in [3.05, 3.63) is 14.5 Å². The minimum atomic E-state index is 0. The maximum atomic E-state index is 3.73. The van der Waals surface area contributed by atoms with Crippen molar-refractivity contribution in [1.29, 1.82) is 0 Å². The van der Waals surface area contributed by atoms with Crippen molar-refractivity contribution < 1.29 is 32.7 Å². The predicted octanol–water partition coefficient (Wildman–Crippen LogP) is 0.778. The van der Waals surface area contributed by atoms with Crippen LogP contribution in [0, 0.1) is 14.5 Å². The summed E-state index contributed by atoms with van der Waals surface area (Å²) in [4.78, 5) is 4.34. The van der Waals surface area contributed by atoms with Crippen LogP contribution in [0.4, 0.5) is 0 Å². The molecule has 0 amide bonds. The van der Waals surface area contributed by atoms with E-state index >= 15 is 0 Å². The molecule has 0 unspecified atom stereocenters. The van der Waals surface area contributed by atoms with Gasteiger partial charge in [0.05, 0.1) is 0 Å². The Bertz CT molecular complexity index is 62.1. The van der Waals surface area contributed by atoms with Gasteiger partial charge in [-0.2, -0.15) is 0 Å². The average Bonchev–Trinajstić information content (AvgIpc) is 1.58. The molecule has 0 aromatic carbocycles. The molecule has 9 heavy (non-hydrogen) atoms. The summed E-state index contributed by atoms with van der Waals surface area (Å²) in [6.45, 7) is 5.42. The van der Waals surface area contributed by atoms with E-state index in [0.717, 1.165) is 19.9 Å². The van der Waals surface area contributed by atoms with Crippen LogP contribution in [0.1, 0.15) is 6.92 Å². The van der Waals surface area contributed by atoms with Gasteiger partial charge < -0.3 is 12.3 Å². The largest absolute Gasteiger partial charge is 3.00 e. The van der Waals surface area contributed by atoms with Crippen molar-refractivity contribution in [3.8, 4) is 0 Å². The molecule has 0 saturated carbocycles. The second-order valence-corrected chi connectivity index (χ2v) is 1.94. The van der Waals surface area contributed by atoms with Gasteiger partial charge in [0.1, 0.15) is 0 Å². The van der Waals surface area contributed by atoms with E-state index in [9.17, 15) is 0 Å². The van der Waals surface area contributed by atoms with E-state index in [0.29, 0.717) is 0 Å². The maximum absolute atomic E-state index is 3.73. The minimum Gasteiger partial charge on any atom is -0.435 e. The molecule has 50 valence electrons. The fourth-order valence-electron chi connectivity index (χ4n) is 0.724. The van der Waals surface area contributed by atoms with Gasteiger partial charge >= 0.3 is 32.7 Å². The number of nitrogens with zero attached hydrogens (tertiary/aromatic N) is 2. The normalized spacial score (nSPS) is 19.3. The van der Waals surface area contributed by atoms with E-state index in [1.807, 2.05) is 4.90 Å². The summed E-state index contributed by atoms with van der Waals surface area (Å²) in [7, 11) is 3.73. The molecule has 1 aliphatic heterocycles. The van der Waals surface area contributed by atoms with Gasteiger partial charge in [-0.15, -0.1) is 0 Å². The molecule has 0 spiro atoms. The number of rotatable bonds is 1. The Labute approximate surface area is 83.5 Å². The molecule has 0 atom stereocenters. The second kappa shape index (κ2) is 5.78. The van der Waals surface area contributed by atoms with E-state index in [2.05, 4.69) is 18.9 Å². The van der Waals surface area contributed by atoms with Gasteiger partial charge in [0.25, 0.3) is 0 Å². The van der Waals surface area contributed by atoms with Crippen LogP contribution in [0.2, 0.25) is 0 Å². The van der Waals surface area contributed by atoms with E-state index in [-0.39, 0.29) is 40.1 Å². The summed E-state index contributed by atoms with van der Waals surface area (Å²) in [5.41, 5.74) is 0. The summed E-state index contributed by atoms with van der Waals surface area (Å²) in [5.74, 6) is 0. The van der Waals surface area contributed by atoms with Gasteiger partial charge in [-0.05, 0) is 6.54 Å². The van der Waals surface area contributed by atoms with Crippen LogP contribution in [0.15, 0.2) is 0 Å². The third-order valence-corrected chi connectivity index (χ3v) is 1.25. The summed E-state index contributed by atoms with van der Waals surface area (Å²) < 4.78 is 0. The summed E-state index contributed by atoms with van der Waals surface area (Å²) >= 11 is 0. The Kier molecular flexibility index (Phi) is 8.15. The van der Waals surface area contributed by atoms with Crippen molar-refractivity contribution in [3.63, 3.8) is 0 Å². The zero-order valence-electron chi connectivity index (χ0n) is 6.30. The van der Waals surface area contributed by atoms with Crippen molar-refractivity contribution in [1.82, 2.24) is 9.80 Å². The Hall–Kier alpha value is 1.02. The zero-order valence-corrected chi connectivity index (χ0v) is 9.14. The quantitative estimate of drug-likeness (QED) is 0.581. The van der Waals surface area contributed by atoms with Crippen molar-refractivity contribution in [2.45, 2.75) is 6.92 Å². The standard InChI is InChI=1S/C5H11N2.CH3.Y/c1-3-7-4-6(2)5-7;;/h2-5H2,1H3;1H3;/q2*-1;+3. The van der Waals surface area contributed by atoms with E-state index in [4.69, 9.17) is 0 Å². The zero-order chi connectivity index (χ0) is 5.28. The molecule has 0 aliphatic carbocycles. The van der Waals surface area contributed by atoms with Crippen LogP contribution >= 0.6 is 0 Å². The third-order valence-electron chi connectivity index (χ3n) is 1.25. The topological polar surface area (TPSA) is 6.48 Å². The van der Waals surface area contributed by atoms with Crippen LogP contribution in [-0.2, 0) is 32.7 Å². The van der Waals surface area contributed by atoms with E-state index in [1.54, 1.807) is 0 Å². The first kappa shape index (κ1) is 12.7. The predicted molar refractivity (Wildman–Crippen MR) is 35.7 cm³/mol. The van der Waals surface area contributed by atoms with Gasteiger partial charge in [0.2, 0.25) is 0 Å². The first-order valence-corrected chi connectivity index (χ1v) is 2.60. The Balaban J connectivity index is 0. The molecule has 3 heteroatoms. The summed E-state index contributed by atoms with van der Waals surface area (Å²) in [6, 6.07) is 0. The fourth-order valence-corrected chi connectivity index (χ4v) is 0.724. The van der Waals surface area contributed by atoms with Crippen LogP contribution in [-0.4, -0.2) is 29.7 Å².